The third kappa shape index (κ3) is 3.72. The number of hydrogen-bond donors (Lipinski definition) is 1. The molecule has 0 aromatic carbocycles. The highest BCUT2D eigenvalue weighted by Crippen LogP contribution is 2.30. The van der Waals surface area contributed by atoms with E-state index in [0.29, 0.717) is 12.5 Å². The third-order valence-corrected chi connectivity index (χ3v) is 4.05. The maximum atomic E-state index is 12.4. The SMILES string of the molecule is CCC(C)C(C)C(=O)N(CC(C)C(=O)O)C1CC1. The summed E-state index contributed by atoms with van der Waals surface area (Å²) in [5.41, 5.74) is 0. The highest BCUT2D eigenvalue weighted by molar-refractivity contribution is 5.80. The number of amides is 1. The van der Waals surface area contributed by atoms with Crippen molar-refractivity contribution in [2.45, 2.75) is 53.0 Å². The molecule has 1 amide bonds. The second kappa shape index (κ2) is 6.21. The quantitative estimate of drug-likeness (QED) is 0.760. The molecule has 1 aliphatic carbocycles. The van der Waals surface area contributed by atoms with Gasteiger partial charge in [-0.1, -0.05) is 34.1 Å². The monoisotopic (exact) mass is 255 g/mol. The van der Waals surface area contributed by atoms with E-state index in [-0.39, 0.29) is 17.9 Å². The molecule has 1 saturated carbocycles. The fourth-order valence-electron chi connectivity index (χ4n) is 2.04. The summed E-state index contributed by atoms with van der Waals surface area (Å²) in [5, 5.41) is 8.97. The second-order valence-electron chi connectivity index (χ2n) is 5.64. The molecule has 0 spiro atoms. The Bertz CT molecular complexity index is 312. The molecule has 3 unspecified atom stereocenters. The van der Waals surface area contributed by atoms with Crippen LogP contribution in [0.25, 0.3) is 0 Å². The molecular weight excluding hydrogens is 230 g/mol. The van der Waals surface area contributed by atoms with Gasteiger partial charge in [-0.2, -0.15) is 0 Å². The van der Waals surface area contributed by atoms with Crippen LogP contribution in [0, 0.1) is 17.8 Å². The number of rotatable bonds is 7. The van der Waals surface area contributed by atoms with Gasteiger partial charge in [0.15, 0.2) is 0 Å². The van der Waals surface area contributed by atoms with Gasteiger partial charge in [-0.25, -0.2) is 0 Å². The first kappa shape index (κ1) is 15.0. The van der Waals surface area contributed by atoms with E-state index in [1.807, 2.05) is 6.92 Å². The Balaban J connectivity index is 2.67. The number of carboxylic acid groups (broad SMARTS) is 1. The van der Waals surface area contributed by atoms with Crippen molar-refractivity contribution in [3.05, 3.63) is 0 Å². The molecule has 18 heavy (non-hydrogen) atoms. The Morgan fingerprint density at radius 2 is 1.83 bits per heavy atom. The van der Waals surface area contributed by atoms with Crippen molar-refractivity contribution < 1.29 is 14.7 Å². The highest BCUT2D eigenvalue weighted by atomic mass is 16.4. The van der Waals surface area contributed by atoms with Crippen LogP contribution in [0.4, 0.5) is 0 Å². The fraction of sp³-hybridized carbons (Fsp3) is 0.857. The molecule has 1 rings (SSSR count). The molecule has 1 aliphatic rings. The molecule has 0 bridgehead atoms. The van der Waals surface area contributed by atoms with E-state index in [0.717, 1.165) is 19.3 Å². The van der Waals surface area contributed by atoms with E-state index < -0.39 is 11.9 Å². The molecule has 0 saturated heterocycles. The van der Waals surface area contributed by atoms with Crippen molar-refractivity contribution in [2.75, 3.05) is 6.54 Å². The van der Waals surface area contributed by atoms with Crippen LogP contribution in [0.1, 0.15) is 47.0 Å². The summed E-state index contributed by atoms with van der Waals surface area (Å²) in [6.07, 6.45) is 3.01. The molecule has 104 valence electrons. The van der Waals surface area contributed by atoms with Crippen molar-refractivity contribution in [1.82, 2.24) is 4.90 Å². The Labute approximate surface area is 109 Å². The first-order valence-corrected chi connectivity index (χ1v) is 6.91. The molecule has 0 radical (unpaired) electrons. The minimum absolute atomic E-state index is 0.0170. The van der Waals surface area contributed by atoms with Gasteiger partial charge >= 0.3 is 5.97 Å². The summed E-state index contributed by atoms with van der Waals surface area (Å²) in [6.45, 7) is 8.12. The van der Waals surface area contributed by atoms with Crippen LogP contribution in [0.15, 0.2) is 0 Å². The predicted molar refractivity (Wildman–Crippen MR) is 70.2 cm³/mol. The van der Waals surface area contributed by atoms with Gasteiger partial charge in [-0.15, -0.1) is 0 Å². The number of nitrogens with zero attached hydrogens (tertiary/aromatic N) is 1. The maximum Gasteiger partial charge on any atom is 0.308 e. The molecule has 0 aromatic heterocycles. The number of carbonyl (C=O) groups is 2. The minimum Gasteiger partial charge on any atom is -0.481 e. The minimum atomic E-state index is -0.829. The van der Waals surface area contributed by atoms with Crippen molar-refractivity contribution in [3.63, 3.8) is 0 Å². The van der Waals surface area contributed by atoms with Gasteiger partial charge in [0.1, 0.15) is 0 Å². The van der Waals surface area contributed by atoms with Gasteiger partial charge in [-0.05, 0) is 18.8 Å². The maximum absolute atomic E-state index is 12.4. The van der Waals surface area contributed by atoms with Crippen molar-refractivity contribution in [3.8, 4) is 0 Å². The van der Waals surface area contributed by atoms with E-state index >= 15 is 0 Å². The average Bonchev–Trinajstić information content (AvgIpc) is 3.16. The van der Waals surface area contributed by atoms with Crippen molar-refractivity contribution >= 4 is 11.9 Å². The lowest BCUT2D eigenvalue weighted by Gasteiger charge is -2.29. The predicted octanol–water partition coefficient (Wildman–Crippen LogP) is 2.38. The van der Waals surface area contributed by atoms with Crippen LogP contribution in [0.2, 0.25) is 0 Å². The molecule has 4 heteroatoms. The molecule has 1 fully saturated rings. The molecule has 4 nitrogen and oxygen atoms in total. The summed E-state index contributed by atoms with van der Waals surface area (Å²) in [7, 11) is 0. The molecule has 3 atom stereocenters. The molecule has 0 aliphatic heterocycles. The number of aliphatic carboxylic acids is 1. The molecule has 0 heterocycles. The van der Waals surface area contributed by atoms with Crippen LogP contribution < -0.4 is 0 Å². The van der Waals surface area contributed by atoms with Crippen LogP contribution in [0.3, 0.4) is 0 Å². The molecule has 0 aromatic rings. The van der Waals surface area contributed by atoms with E-state index in [2.05, 4.69) is 13.8 Å². The number of carboxylic acids is 1. The lowest BCUT2D eigenvalue weighted by Crippen LogP contribution is -2.42. The van der Waals surface area contributed by atoms with Crippen LogP contribution >= 0.6 is 0 Å². The summed E-state index contributed by atoms with van der Waals surface area (Å²) < 4.78 is 0. The van der Waals surface area contributed by atoms with E-state index in [9.17, 15) is 9.59 Å². The lowest BCUT2D eigenvalue weighted by molar-refractivity contribution is -0.144. The Kier molecular flexibility index (Phi) is 5.17. The normalized spacial score (nSPS) is 20.0. The largest absolute Gasteiger partial charge is 0.481 e. The van der Waals surface area contributed by atoms with E-state index in [1.165, 1.54) is 0 Å². The van der Waals surface area contributed by atoms with E-state index in [1.54, 1.807) is 11.8 Å². The highest BCUT2D eigenvalue weighted by Gasteiger charge is 2.37. The molecular formula is C14H25NO3. The average molecular weight is 255 g/mol. The van der Waals surface area contributed by atoms with Crippen LogP contribution in [-0.4, -0.2) is 34.5 Å². The Morgan fingerprint density at radius 3 is 2.22 bits per heavy atom. The zero-order valence-electron chi connectivity index (χ0n) is 11.8. The van der Waals surface area contributed by atoms with Crippen LogP contribution in [0.5, 0.6) is 0 Å². The first-order valence-electron chi connectivity index (χ1n) is 6.91. The number of hydrogen-bond acceptors (Lipinski definition) is 2. The third-order valence-electron chi connectivity index (χ3n) is 4.05. The fourth-order valence-corrected chi connectivity index (χ4v) is 2.04. The standard InChI is InChI=1S/C14H25NO3/c1-5-9(2)11(4)13(16)15(12-6-7-12)8-10(3)14(17)18/h9-12H,5-8H2,1-4H3,(H,17,18). The first-order chi connectivity index (χ1) is 8.38. The topological polar surface area (TPSA) is 57.6 Å². The van der Waals surface area contributed by atoms with Gasteiger partial charge in [0.05, 0.1) is 5.92 Å². The summed E-state index contributed by atoms with van der Waals surface area (Å²) >= 11 is 0. The number of carbonyl (C=O) groups excluding carboxylic acids is 1. The van der Waals surface area contributed by atoms with Gasteiger partial charge in [0.2, 0.25) is 5.91 Å². The summed E-state index contributed by atoms with van der Waals surface area (Å²) in [6, 6.07) is 0.283. The zero-order valence-corrected chi connectivity index (χ0v) is 11.8. The summed E-state index contributed by atoms with van der Waals surface area (Å²) in [5.74, 6) is -0.862. The van der Waals surface area contributed by atoms with Gasteiger partial charge in [0.25, 0.3) is 0 Å². The summed E-state index contributed by atoms with van der Waals surface area (Å²) in [4.78, 5) is 25.1. The van der Waals surface area contributed by atoms with Gasteiger partial charge < -0.3 is 10.0 Å². The van der Waals surface area contributed by atoms with Crippen molar-refractivity contribution in [2.24, 2.45) is 17.8 Å². The van der Waals surface area contributed by atoms with Crippen molar-refractivity contribution in [1.29, 1.82) is 0 Å². The van der Waals surface area contributed by atoms with Gasteiger partial charge in [0, 0.05) is 18.5 Å². The Morgan fingerprint density at radius 1 is 1.28 bits per heavy atom. The Hall–Kier alpha value is -1.06. The van der Waals surface area contributed by atoms with E-state index in [4.69, 9.17) is 5.11 Å². The lowest BCUT2D eigenvalue weighted by atomic mass is 9.92. The van der Waals surface area contributed by atoms with Gasteiger partial charge in [-0.3, -0.25) is 9.59 Å². The smallest absolute Gasteiger partial charge is 0.308 e. The second-order valence-corrected chi connectivity index (χ2v) is 5.64. The molecule has 1 N–H and O–H groups in total. The zero-order chi connectivity index (χ0) is 13.9. The van der Waals surface area contributed by atoms with Crippen LogP contribution in [-0.2, 0) is 9.59 Å².